The van der Waals surface area contributed by atoms with E-state index in [1.54, 1.807) is 0 Å². The molecule has 0 unspecified atom stereocenters. The molecule has 3 heteroatoms. The van der Waals surface area contributed by atoms with Crippen molar-refractivity contribution in [3.05, 3.63) is 96.1 Å². The number of aliphatic hydroxyl groups is 1. The molecule has 3 nitrogen and oxygen atoms in total. The standard InChI is InChI=1S/C25H23NO2/c27-17-20-15-25(26(28-20)16-18-8-2-1-3-9-18)24-14-19-10-4-5-11-21(19)22-12-6-7-13-23(22)24/h1-14,20,25,27H,15-17H2/t20-,25-/m1/s1. The molecule has 4 aromatic rings. The highest BCUT2D eigenvalue weighted by Gasteiger charge is 2.35. The van der Waals surface area contributed by atoms with Crippen molar-refractivity contribution in [2.45, 2.75) is 25.1 Å². The van der Waals surface area contributed by atoms with E-state index >= 15 is 0 Å². The summed E-state index contributed by atoms with van der Waals surface area (Å²) < 4.78 is 0. The average molecular weight is 369 g/mol. The van der Waals surface area contributed by atoms with E-state index in [-0.39, 0.29) is 18.8 Å². The summed E-state index contributed by atoms with van der Waals surface area (Å²) in [5, 5.41) is 16.8. The molecule has 0 spiro atoms. The molecule has 1 heterocycles. The first-order valence-electron chi connectivity index (χ1n) is 9.82. The number of aliphatic hydroxyl groups excluding tert-OH is 1. The lowest BCUT2D eigenvalue weighted by Crippen LogP contribution is -2.23. The fraction of sp³-hybridized carbons (Fsp3) is 0.200. The average Bonchev–Trinajstić information content (AvgIpc) is 3.16. The van der Waals surface area contributed by atoms with Crippen LogP contribution in [0.25, 0.3) is 21.5 Å². The van der Waals surface area contributed by atoms with Crippen molar-refractivity contribution in [3.8, 4) is 0 Å². The Bertz CT molecular complexity index is 1110. The van der Waals surface area contributed by atoms with Crippen LogP contribution in [0.5, 0.6) is 0 Å². The van der Waals surface area contributed by atoms with E-state index in [1.807, 2.05) is 11.1 Å². The fourth-order valence-corrected chi connectivity index (χ4v) is 4.33. The Hall–Kier alpha value is -2.72. The largest absolute Gasteiger partial charge is 0.394 e. The molecule has 5 rings (SSSR count). The van der Waals surface area contributed by atoms with Crippen LogP contribution in [0, 0.1) is 0 Å². The third-order valence-corrected chi connectivity index (χ3v) is 5.66. The van der Waals surface area contributed by atoms with E-state index in [0.29, 0.717) is 6.54 Å². The quantitative estimate of drug-likeness (QED) is 0.500. The first-order valence-corrected chi connectivity index (χ1v) is 9.82. The lowest BCUT2D eigenvalue weighted by molar-refractivity contribution is -0.178. The van der Waals surface area contributed by atoms with Crippen LogP contribution in [-0.2, 0) is 11.4 Å². The maximum absolute atomic E-state index is 9.75. The van der Waals surface area contributed by atoms with Gasteiger partial charge in [-0.15, -0.1) is 0 Å². The van der Waals surface area contributed by atoms with Crippen LogP contribution in [0.2, 0.25) is 0 Å². The SMILES string of the molecule is OC[C@H]1C[C@H](c2cc3ccccc3c3ccccc23)N(Cc2ccccc2)O1. The normalized spacial score (nSPS) is 20.2. The molecule has 0 aliphatic carbocycles. The van der Waals surface area contributed by atoms with E-state index in [2.05, 4.69) is 78.9 Å². The van der Waals surface area contributed by atoms with E-state index < -0.39 is 0 Å². The Kier molecular flexibility index (Phi) is 4.57. The molecule has 0 amide bonds. The van der Waals surface area contributed by atoms with Gasteiger partial charge in [-0.25, -0.2) is 0 Å². The Morgan fingerprint density at radius 3 is 2.29 bits per heavy atom. The molecular weight excluding hydrogens is 346 g/mol. The van der Waals surface area contributed by atoms with Crippen LogP contribution in [0.1, 0.15) is 23.6 Å². The molecular formula is C25H23NO2. The molecule has 1 aliphatic heterocycles. The molecule has 0 bridgehead atoms. The highest BCUT2D eigenvalue weighted by molar-refractivity contribution is 6.09. The maximum Gasteiger partial charge on any atom is 0.104 e. The molecule has 140 valence electrons. The van der Waals surface area contributed by atoms with Gasteiger partial charge >= 0.3 is 0 Å². The van der Waals surface area contributed by atoms with Gasteiger partial charge in [-0.3, -0.25) is 4.84 Å². The fourth-order valence-electron chi connectivity index (χ4n) is 4.33. The van der Waals surface area contributed by atoms with Gasteiger partial charge in [-0.1, -0.05) is 78.9 Å². The summed E-state index contributed by atoms with van der Waals surface area (Å²) in [5.41, 5.74) is 2.47. The second kappa shape index (κ2) is 7.36. The zero-order chi connectivity index (χ0) is 18.9. The summed E-state index contributed by atoms with van der Waals surface area (Å²) in [7, 11) is 0. The van der Waals surface area contributed by atoms with Gasteiger partial charge in [0.05, 0.1) is 12.6 Å². The van der Waals surface area contributed by atoms with Crippen LogP contribution in [0.15, 0.2) is 84.9 Å². The number of fused-ring (bicyclic) bond motifs is 3. The van der Waals surface area contributed by atoms with Gasteiger partial charge in [0, 0.05) is 6.54 Å². The molecule has 0 aromatic heterocycles. The lowest BCUT2D eigenvalue weighted by Gasteiger charge is -2.25. The van der Waals surface area contributed by atoms with Crippen LogP contribution >= 0.6 is 0 Å². The molecule has 4 aromatic carbocycles. The first kappa shape index (κ1) is 17.4. The Morgan fingerprint density at radius 1 is 0.821 bits per heavy atom. The van der Waals surface area contributed by atoms with Crippen molar-refractivity contribution in [2.75, 3.05) is 6.61 Å². The monoisotopic (exact) mass is 369 g/mol. The van der Waals surface area contributed by atoms with Gasteiger partial charge < -0.3 is 5.11 Å². The molecule has 0 radical (unpaired) electrons. The minimum absolute atomic E-state index is 0.0350. The predicted octanol–water partition coefficient (Wildman–Crippen LogP) is 5.23. The van der Waals surface area contributed by atoms with Crippen molar-refractivity contribution in [1.82, 2.24) is 5.06 Å². The highest BCUT2D eigenvalue weighted by atomic mass is 16.7. The Labute approximate surface area is 164 Å². The van der Waals surface area contributed by atoms with Crippen molar-refractivity contribution in [3.63, 3.8) is 0 Å². The lowest BCUT2D eigenvalue weighted by atomic mass is 9.91. The third-order valence-electron chi connectivity index (χ3n) is 5.66. The molecule has 0 saturated carbocycles. The molecule has 1 fully saturated rings. The van der Waals surface area contributed by atoms with Gasteiger partial charge in [0.25, 0.3) is 0 Å². The zero-order valence-electron chi connectivity index (χ0n) is 15.7. The van der Waals surface area contributed by atoms with Crippen molar-refractivity contribution in [1.29, 1.82) is 0 Å². The predicted molar refractivity (Wildman–Crippen MR) is 113 cm³/mol. The summed E-state index contributed by atoms with van der Waals surface area (Å²) in [5.74, 6) is 0. The Morgan fingerprint density at radius 2 is 1.50 bits per heavy atom. The van der Waals surface area contributed by atoms with Crippen molar-refractivity contribution in [2.24, 2.45) is 0 Å². The van der Waals surface area contributed by atoms with Gasteiger partial charge in [-0.2, -0.15) is 5.06 Å². The maximum atomic E-state index is 9.75. The summed E-state index contributed by atoms with van der Waals surface area (Å²) in [6, 6.07) is 29.9. The van der Waals surface area contributed by atoms with E-state index in [4.69, 9.17) is 4.84 Å². The zero-order valence-corrected chi connectivity index (χ0v) is 15.7. The Balaban J connectivity index is 1.63. The van der Waals surface area contributed by atoms with Crippen LogP contribution < -0.4 is 0 Å². The van der Waals surface area contributed by atoms with Crippen molar-refractivity contribution >= 4 is 21.5 Å². The topological polar surface area (TPSA) is 32.7 Å². The van der Waals surface area contributed by atoms with E-state index in [1.165, 1.54) is 32.7 Å². The molecule has 2 atom stereocenters. The number of hydrogen-bond donors (Lipinski definition) is 1. The van der Waals surface area contributed by atoms with Crippen LogP contribution in [-0.4, -0.2) is 22.9 Å². The highest BCUT2D eigenvalue weighted by Crippen LogP contribution is 2.40. The summed E-state index contributed by atoms with van der Waals surface area (Å²) in [4.78, 5) is 6.13. The smallest absolute Gasteiger partial charge is 0.104 e. The van der Waals surface area contributed by atoms with Gasteiger partial charge in [0.1, 0.15) is 6.10 Å². The van der Waals surface area contributed by atoms with Gasteiger partial charge in [0.2, 0.25) is 0 Å². The van der Waals surface area contributed by atoms with Crippen LogP contribution in [0.3, 0.4) is 0 Å². The molecule has 1 aliphatic rings. The minimum Gasteiger partial charge on any atom is -0.394 e. The second-order valence-electron chi connectivity index (χ2n) is 7.45. The van der Waals surface area contributed by atoms with E-state index in [9.17, 15) is 5.11 Å². The van der Waals surface area contributed by atoms with Crippen LogP contribution in [0.4, 0.5) is 0 Å². The number of hydroxylamine groups is 2. The number of rotatable bonds is 4. The molecule has 1 saturated heterocycles. The third kappa shape index (κ3) is 3.08. The molecule has 28 heavy (non-hydrogen) atoms. The van der Waals surface area contributed by atoms with Crippen molar-refractivity contribution < 1.29 is 9.94 Å². The number of nitrogens with zero attached hydrogens (tertiary/aromatic N) is 1. The second-order valence-corrected chi connectivity index (χ2v) is 7.45. The molecule has 1 N–H and O–H groups in total. The van der Waals surface area contributed by atoms with Gasteiger partial charge in [-0.05, 0) is 45.2 Å². The minimum atomic E-state index is -0.168. The number of hydrogen-bond acceptors (Lipinski definition) is 3. The summed E-state index contributed by atoms with van der Waals surface area (Å²) in [6.45, 7) is 0.733. The van der Waals surface area contributed by atoms with Gasteiger partial charge in [0.15, 0.2) is 0 Å². The van der Waals surface area contributed by atoms with E-state index in [0.717, 1.165) is 6.42 Å². The summed E-state index contributed by atoms with van der Waals surface area (Å²) >= 11 is 0. The summed E-state index contributed by atoms with van der Waals surface area (Å²) in [6.07, 6.45) is 0.616. The number of benzene rings is 4. The first-order chi connectivity index (χ1) is 13.8.